The predicted molar refractivity (Wildman–Crippen MR) is 89.2 cm³/mol. The molecule has 1 aromatic carbocycles. The smallest absolute Gasteiger partial charge is 0.387 e. The molecule has 0 aliphatic rings. The Morgan fingerprint density at radius 1 is 1.35 bits per heavy atom. The molecule has 0 aliphatic heterocycles. The Morgan fingerprint density at radius 2 is 2.17 bits per heavy atom. The summed E-state index contributed by atoms with van der Waals surface area (Å²) in [4.78, 5) is 24.5. The summed E-state index contributed by atoms with van der Waals surface area (Å²) in [5.74, 6) is -0.976. The Balaban J connectivity index is 1.74. The molecule has 6 nitrogen and oxygen atoms in total. The van der Waals surface area contributed by atoms with E-state index in [4.69, 9.17) is 27.6 Å². The van der Waals surface area contributed by atoms with Gasteiger partial charge in [0, 0.05) is 5.02 Å². The second-order valence-electron chi connectivity index (χ2n) is 4.48. The molecule has 0 spiro atoms. The normalized spacial score (nSPS) is 10.7. The van der Waals surface area contributed by atoms with Gasteiger partial charge in [-0.1, -0.05) is 29.3 Å². The lowest BCUT2D eigenvalue weighted by Gasteiger charge is -2.06. The van der Waals surface area contributed by atoms with Crippen molar-refractivity contribution in [2.75, 3.05) is 5.32 Å². The lowest BCUT2D eigenvalue weighted by Crippen LogP contribution is -2.25. The maximum atomic E-state index is 12.0. The molecule has 2 heterocycles. The Labute approximate surface area is 144 Å². The van der Waals surface area contributed by atoms with Crippen LogP contribution in [-0.4, -0.2) is 15.7 Å². The molecule has 0 radical (unpaired) electrons. The number of aromatic nitrogens is 2. The minimum atomic E-state index is -0.703. The number of halogens is 2. The van der Waals surface area contributed by atoms with Crippen molar-refractivity contribution in [3.05, 3.63) is 56.3 Å². The van der Waals surface area contributed by atoms with Gasteiger partial charge in [0.05, 0.1) is 15.6 Å². The zero-order valence-corrected chi connectivity index (χ0v) is 13.8. The van der Waals surface area contributed by atoms with E-state index in [9.17, 15) is 9.59 Å². The third-order valence-electron chi connectivity index (χ3n) is 2.84. The highest BCUT2D eigenvalue weighted by Gasteiger charge is 2.14. The zero-order valence-electron chi connectivity index (χ0n) is 11.5. The van der Waals surface area contributed by atoms with Gasteiger partial charge in [-0.2, -0.15) is 4.68 Å². The van der Waals surface area contributed by atoms with E-state index in [0.717, 1.165) is 4.68 Å². The van der Waals surface area contributed by atoms with Gasteiger partial charge in [-0.15, -0.1) is 16.4 Å². The van der Waals surface area contributed by atoms with Crippen LogP contribution in [0.5, 0.6) is 0 Å². The van der Waals surface area contributed by atoms with Crippen LogP contribution in [-0.2, 0) is 11.3 Å². The third-order valence-corrected chi connectivity index (χ3v) is 4.24. The molecule has 1 amide bonds. The fraction of sp³-hybridized carbons (Fsp3) is 0.0714. The maximum absolute atomic E-state index is 12.0. The van der Waals surface area contributed by atoms with Gasteiger partial charge >= 0.3 is 5.76 Å². The third kappa shape index (κ3) is 3.64. The monoisotopic (exact) mass is 369 g/mol. The van der Waals surface area contributed by atoms with Crippen LogP contribution >= 0.6 is 34.5 Å². The number of thiophene rings is 1. The standard InChI is InChI=1S/C14H9Cl2N3O3S/c15-8-3-4-10(9(16)6-8)17-12(20)7-19-14(21)22-13(18-19)11-2-1-5-23-11/h1-6H,7H2,(H,17,20). The lowest BCUT2D eigenvalue weighted by molar-refractivity contribution is -0.117. The van der Waals surface area contributed by atoms with Crippen molar-refractivity contribution in [1.29, 1.82) is 0 Å². The van der Waals surface area contributed by atoms with E-state index in [-0.39, 0.29) is 12.4 Å². The van der Waals surface area contributed by atoms with E-state index in [1.54, 1.807) is 18.2 Å². The maximum Gasteiger partial charge on any atom is 0.437 e. The first-order valence-corrected chi connectivity index (χ1v) is 8.03. The molecule has 23 heavy (non-hydrogen) atoms. The van der Waals surface area contributed by atoms with Gasteiger partial charge in [0.2, 0.25) is 5.91 Å². The Morgan fingerprint density at radius 3 is 2.87 bits per heavy atom. The SMILES string of the molecule is O=C(Cn1nc(-c2cccs2)oc1=O)Nc1ccc(Cl)cc1Cl. The van der Waals surface area contributed by atoms with E-state index in [0.29, 0.717) is 20.6 Å². The highest BCUT2D eigenvalue weighted by Crippen LogP contribution is 2.25. The minimum Gasteiger partial charge on any atom is -0.387 e. The van der Waals surface area contributed by atoms with Crippen molar-refractivity contribution in [2.45, 2.75) is 6.54 Å². The Hall–Kier alpha value is -2.09. The highest BCUT2D eigenvalue weighted by molar-refractivity contribution is 7.13. The molecule has 0 bridgehead atoms. The van der Waals surface area contributed by atoms with Crippen LogP contribution in [0.15, 0.2) is 44.9 Å². The number of rotatable bonds is 4. The summed E-state index contributed by atoms with van der Waals surface area (Å²) >= 11 is 13.2. The number of amides is 1. The van der Waals surface area contributed by atoms with Gasteiger partial charge in [0.25, 0.3) is 5.89 Å². The lowest BCUT2D eigenvalue weighted by atomic mass is 10.3. The average Bonchev–Trinajstić information content (AvgIpc) is 3.13. The molecule has 118 valence electrons. The van der Waals surface area contributed by atoms with Gasteiger partial charge in [-0.05, 0) is 29.6 Å². The van der Waals surface area contributed by atoms with E-state index in [1.165, 1.54) is 17.4 Å². The van der Waals surface area contributed by atoms with Crippen molar-refractivity contribution < 1.29 is 9.21 Å². The fourth-order valence-corrected chi connectivity index (χ4v) is 2.92. The molecule has 0 aliphatic carbocycles. The summed E-state index contributed by atoms with van der Waals surface area (Å²) in [6, 6.07) is 8.27. The summed E-state index contributed by atoms with van der Waals surface area (Å²) in [6.07, 6.45) is 0. The highest BCUT2D eigenvalue weighted by atomic mass is 35.5. The van der Waals surface area contributed by atoms with Gasteiger partial charge in [-0.25, -0.2) is 4.79 Å². The van der Waals surface area contributed by atoms with Crippen LogP contribution in [0.4, 0.5) is 5.69 Å². The molecule has 0 saturated heterocycles. The van der Waals surface area contributed by atoms with Gasteiger partial charge in [0.15, 0.2) is 0 Å². The first kappa shape index (κ1) is 15.8. The number of benzene rings is 1. The second-order valence-corrected chi connectivity index (χ2v) is 6.27. The van der Waals surface area contributed by atoms with Gasteiger partial charge < -0.3 is 9.73 Å². The molecule has 0 unspecified atom stereocenters. The van der Waals surface area contributed by atoms with Gasteiger partial charge in [-0.3, -0.25) is 4.79 Å². The molecule has 1 N–H and O–H groups in total. The van der Waals surface area contributed by atoms with Crippen LogP contribution in [0, 0.1) is 0 Å². The number of hydrogen-bond donors (Lipinski definition) is 1. The summed E-state index contributed by atoms with van der Waals surface area (Å²) in [5, 5.41) is 9.19. The van der Waals surface area contributed by atoms with Crippen LogP contribution in [0.3, 0.4) is 0 Å². The van der Waals surface area contributed by atoms with Crippen molar-refractivity contribution in [1.82, 2.24) is 9.78 Å². The van der Waals surface area contributed by atoms with E-state index in [1.807, 2.05) is 11.4 Å². The Kier molecular flexibility index (Phi) is 4.51. The fourth-order valence-electron chi connectivity index (χ4n) is 1.82. The van der Waals surface area contributed by atoms with E-state index < -0.39 is 11.7 Å². The molecular weight excluding hydrogens is 361 g/mol. The average molecular weight is 370 g/mol. The van der Waals surface area contributed by atoms with Crippen LogP contribution < -0.4 is 11.1 Å². The van der Waals surface area contributed by atoms with Crippen LogP contribution in [0.2, 0.25) is 10.0 Å². The predicted octanol–water partition coefficient (Wildman–Crippen LogP) is 3.51. The quantitative estimate of drug-likeness (QED) is 0.763. The largest absolute Gasteiger partial charge is 0.437 e. The van der Waals surface area contributed by atoms with E-state index >= 15 is 0 Å². The first-order chi connectivity index (χ1) is 11.0. The molecule has 2 aromatic heterocycles. The number of nitrogens with zero attached hydrogens (tertiary/aromatic N) is 2. The summed E-state index contributed by atoms with van der Waals surface area (Å²) in [6.45, 7) is -0.285. The summed E-state index contributed by atoms with van der Waals surface area (Å²) < 4.78 is 5.99. The van der Waals surface area contributed by atoms with Gasteiger partial charge in [0.1, 0.15) is 6.54 Å². The van der Waals surface area contributed by atoms with E-state index in [2.05, 4.69) is 10.4 Å². The number of hydrogen-bond acceptors (Lipinski definition) is 5. The van der Waals surface area contributed by atoms with Crippen molar-refractivity contribution in [3.8, 4) is 10.8 Å². The first-order valence-electron chi connectivity index (χ1n) is 6.39. The summed E-state index contributed by atoms with van der Waals surface area (Å²) in [5.41, 5.74) is 0.399. The topological polar surface area (TPSA) is 77.1 Å². The van der Waals surface area contributed by atoms with Crippen molar-refractivity contribution in [3.63, 3.8) is 0 Å². The zero-order chi connectivity index (χ0) is 16.4. The molecule has 0 atom stereocenters. The number of nitrogens with one attached hydrogen (secondary N) is 1. The molecular formula is C14H9Cl2N3O3S. The second kappa shape index (κ2) is 6.57. The summed E-state index contributed by atoms with van der Waals surface area (Å²) in [7, 11) is 0. The molecule has 3 rings (SSSR count). The number of carbonyl (C=O) groups excluding carboxylic acids is 1. The number of carbonyl (C=O) groups is 1. The van der Waals surface area contributed by atoms with Crippen LogP contribution in [0.1, 0.15) is 0 Å². The van der Waals surface area contributed by atoms with Crippen molar-refractivity contribution in [2.24, 2.45) is 0 Å². The van der Waals surface area contributed by atoms with Crippen molar-refractivity contribution >= 4 is 46.1 Å². The molecule has 0 fully saturated rings. The number of anilines is 1. The molecule has 0 saturated carbocycles. The molecule has 3 aromatic rings. The Bertz CT molecular complexity index is 902. The molecule has 9 heteroatoms. The minimum absolute atomic E-state index is 0.183. The van der Waals surface area contributed by atoms with Crippen LogP contribution in [0.25, 0.3) is 10.8 Å².